The molecule has 2 aromatic heterocycles. The van der Waals surface area contributed by atoms with E-state index in [1.54, 1.807) is 24.5 Å². The van der Waals surface area contributed by atoms with E-state index in [2.05, 4.69) is 33.7 Å². The van der Waals surface area contributed by atoms with E-state index in [0.717, 1.165) is 24.1 Å². The summed E-state index contributed by atoms with van der Waals surface area (Å²) in [6.07, 6.45) is -5.01. The number of aromatic hydroxyl groups is 3. The minimum atomic E-state index is -3.87. The maximum absolute atomic E-state index is 14.8. The minimum Gasteiger partial charge on any atom is -0.507 e. The second kappa shape index (κ2) is 17.5. The molecule has 0 radical (unpaired) electrons. The maximum atomic E-state index is 14.8. The van der Waals surface area contributed by atoms with Crippen molar-refractivity contribution in [3.8, 4) is 46.2 Å². The Bertz CT molecular complexity index is 3260. The number of hydrogen-bond acceptors (Lipinski definition) is 21. The SMILES string of the molecule is O=C1OC2OC(C(=O)O)(C#CCC13OC1(Oc4cc5oc(-c6cc(O)c(O)c(CCO)c6)cc(=O)c5c(O)c4C(C4=CNC5NC6C=CCC(C6)C5=C4)C=C1Cc1ccc[nH]1)C(O)C(O)C3O)C(O)(O)C(O)C2O. The Morgan fingerprint density at radius 2 is 1.76 bits per heavy atom. The number of carbonyl (C=O) groups excluding carboxylic acids is 1. The molecule has 0 amide bonds. The largest absolute Gasteiger partial charge is 0.507 e. The number of carboxylic acid groups (broad SMARTS) is 1. The van der Waals surface area contributed by atoms with Gasteiger partial charge in [0.25, 0.3) is 11.4 Å². The zero-order valence-electron chi connectivity index (χ0n) is 38.6. The van der Waals surface area contributed by atoms with Gasteiger partial charge in [-0.15, -0.1) is 0 Å². The summed E-state index contributed by atoms with van der Waals surface area (Å²) in [6.45, 7) is -0.421. The molecule has 2 aromatic carbocycles. The first kappa shape index (κ1) is 49.2. The van der Waals surface area contributed by atoms with Crippen molar-refractivity contribution in [1.82, 2.24) is 15.6 Å². The number of rotatable bonds is 7. The zero-order chi connectivity index (χ0) is 52.4. The molecular weight excluding hydrogens is 975 g/mol. The Kier molecular flexibility index (Phi) is 11.7. The molecule has 4 aromatic rings. The number of dihydropyridines is 1. The van der Waals surface area contributed by atoms with Crippen molar-refractivity contribution in [1.29, 1.82) is 0 Å². The fourth-order valence-corrected chi connectivity index (χ4v) is 11.2. The van der Waals surface area contributed by atoms with Crippen LogP contribution >= 0.6 is 0 Å². The number of aromatic nitrogens is 1. The predicted molar refractivity (Wildman–Crippen MR) is 249 cm³/mol. The van der Waals surface area contributed by atoms with Crippen molar-refractivity contribution in [2.24, 2.45) is 5.92 Å². The first-order valence-electron chi connectivity index (χ1n) is 23.5. The lowest BCUT2D eigenvalue weighted by molar-refractivity contribution is -0.394. The van der Waals surface area contributed by atoms with Crippen LogP contribution in [-0.2, 0) is 36.6 Å². The van der Waals surface area contributed by atoms with E-state index < -0.39 is 119 Å². The van der Waals surface area contributed by atoms with Crippen LogP contribution in [0.2, 0.25) is 0 Å². The molecule has 7 aliphatic rings. The predicted octanol–water partition coefficient (Wildman–Crippen LogP) is -1.16. The number of phenols is 3. The second-order valence-corrected chi connectivity index (χ2v) is 19.4. The number of phenolic OH excluding ortho intramolecular Hbond substituents is 3. The second-order valence-electron chi connectivity index (χ2n) is 19.4. The number of aliphatic hydroxyl groups is 8. The Morgan fingerprint density at radius 1 is 0.959 bits per heavy atom. The molecule has 0 saturated carbocycles. The molecule has 23 nitrogen and oxygen atoms in total. The smallest absolute Gasteiger partial charge is 0.354 e. The number of aliphatic carboxylic acids is 1. The molecule has 11 rings (SSSR count). The van der Waals surface area contributed by atoms with Crippen molar-refractivity contribution < 1.29 is 94.2 Å². The zero-order valence-corrected chi connectivity index (χ0v) is 38.6. The number of ether oxygens (including phenoxy) is 4. The molecule has 6 aliphatic heterocycles. The number of aromatic amines is 1. The summed E-state index contributed by atoms with van der Waals surface area (Å²) in [6, 6.07) is 8.04. The molecular formula is C51H49N3O20. The summed E-state index contributed by atoms with van der Waals surface area (Å²) < 4.78 is 30.5. The van der Waals surface area contributed by atoms with E-state index in [-0.39, 0.29) is 70.0 Å². The third-order valence-electron chi connectivity index (χ3n) is 15.0. The first-order chi connectivity index (χ1) is 35.2. The summed E-state index contributed by atoms with van der Waals surface area (Å²) in [7, 11) is 0. The van der Waals surface area contributed by atoms with Crippen LogP contribution in [0.1, 0.15) is 42.0 Å². The maximum Gasteiger partial charge on any atom is 0.354 e. The fraction of sp³-hybridized carbons (Fsp3) is 0.392. The number of allylic oxidation sites excluding steroid dienone is 4. The van der Waals surface area contributed by atoms with Crippen LogP contribution in [0.3, 0.4) is 0 Å². The highest BCUT2D eigenvalue weighted by Gasteiger charge is 2.72. The molecule has 8 heterocycles. The lowest BCUT2D eigenvalue weighted by Crippen LogP contribution is -2.76. The fourth-order valence-electron chi connectivity index (χ4n) is 11.2. The Morgan fingerprint density at radius 3 is 2.50 bits per heavy atom. The molecule has 1 aliphatic carbocycles. The van der Waals surface area contributed by atoms with E-state index in [9.17, 15) is 75.7 Å². The molecule has 3 saturated heterocycles. The summed E-state index contributed by atoms with van der Waals surface area (Å²) in [5.74, 6) is -10.1. The van der Waals surface area contributed by atoms with Crippen LogP contribution in [0.5, 0.6) is 23.0 Å². The molecule has 74 heavy (non-hydrogen) atoms. The molecule has 13 unspecified atom stereocenters. The molecule has 2 spiro atoms. The van der Waals surface area contributed by atoms with Crippen LogP contribution in [-0.4, -0.2) is 157 Å². The van der Waals surface area contributed by atoms with Crippen LogP contribution in [0.25, 0.3) is 22.3 Å². The number of piperidine rings is 1. The van der Waals surface area contributed by atoms with Crippen molar-refractivity contribution >= 4 is 22.9 Å². The van der Waals surface area contributed by atoms with Crippen molar-refractivity contribution in [2.45, 2.75) is 110 Å². The van der Waals surface area contributed by atoms with E-state index in [4.69, 9.17) is 23.4 Å². The van der Waals surface area contributed by atoms with Gasteiger partial charge in [-0.1, -0.05) is 30.2 Å². The lowest BCUT2D eigenvalue weighted by Gasteiger charge is -2.53. The average Bonchev–Trinajstić information content (AvgIpc) is 3.86. The number of fused-ring (bicyclic) bond motifs is 8. The van der Waals surface area contributed by atoms with Gasteiger partial charge >= 0.3 is 11.9 Å². The van der Waals surface area contributed by atoms with E-state index in [0.29, 0.717) is 17.7 Å². The summed E-state index contributed by atoms with van der Waals surface area (Å²) in [5, 5.41) is 141. The van der Waals surface area contributed by atoms with Crippen LogP contribution in [0.15, 0.2) is 99.0 Å². The number of aliphatic hydroxyl groups excluding tert-OH is 6. The molecule has 388 valence electrons. The molecule has 23 heteroatoms. The standard InChI is InChI=1S/C51H49N3O20/c55-11-7-22-12-23(15-31(57)37(22)58)32-18-30(56)36-33(70-32)19-34-35(38(36)59)28(24-14-29-21-4-1-5-27(13-21)54-44(29)53-20-24)17-25(16-26-6-2-10-52-26)50(72-34)42(63)39(60)41(62)48(74-50)8-3-9-49(46(65)66)51(68,69)43(64)40(61)45(73-49)71-47(48)67/h1-2,5-6,10,12,14-15,17-21,27-28,39-45,52-55,57-64,68-69H,4,7-8,11,13,16H2,(H,65,66). The monoisotopic (exact) mass is 1020 g/mol. The van der Waals surface area contributed by atoms with Gasteiger partial charge in [-0.05, 0) is 66.5 Å². The van der Waals surface area contributed by atoms with Crippen LogP contribution < -0.4 is 20.8 Å². The number of carbonyl (C=O) groups is 2. The number of benzene rings is 2. The van der Waals surface area contributed by atoms with E-state index >= 15 is 0 Å². The number of esters is 1. The van der Waals surface area contributed by atoms with E-state index in [1.807, 2.05) is 12.0 Å². The van der Waals surface area contributed by atoms with Gasteiger partial charge in [-0.2, -0.15) is 0 Å². The summed E-state index contributed by atoms with van der Waals surface area (Å²) in [4.78, 5) is 45.1. The van der Waals surface area contributed by atoms with Crippen LogP contribution in [0.4, 0.5) is 0 Å². The quantitative estimate of drug-likeness (QED) is 0.0341. The number of H-pyrrole nitrogens is 1. The van der Waals surface area contributed by atoms with E-state index in [1.165, 1.54) is 18.2 Å². The van der Waals surface area contributed by atoms with Crippen LogP contribution in [0, 0.1) is 17.8 Å². The number of nitrogens with one attached hydrogen (secondary N) is 3. The lowest BCUT2D eigenvalue weighted by atomic mass is 9.75. The Balaban J connectivity index is 1.15. The molecule has 3 fully saturated rings. The van der Waals surface area contributed by atoms with Gasteiger partial charge in [0.05, 0.1) is 12.6 Å². The Labute approximate surface area is 417 Å². The number of carboxylic acids is 1. The average molecular weight is 1020 g/mol. The normalized spacial score (nSPS) is 34.6. The highest BCUT2D eigenvalue weighted by molar-refractivity contribution is 5.90. The van der Waals surface area contributed by atoms with Gasteiger partial charge in [0.1, 0.15) is 52.6 Å². The molecule has 15 N–H and O–H groups in total. The van der Waals surface area contributed by atoms with Crippen molar-refractivity contribution in [3.05, 3.63) is 117 Å². The van der Waals surface area contributed by atoms with Gasteiger partial charge < -0.3 is 94.9 Å². The topological polar surface area (TPSA) is 384 Å². The first-order valence-corrected chi connectivity index (χ1v) is 23.5. The van der Waals surface area contributed by atoms with Gasteiger partial charge in [0.2, 0.25) is 17.7 Å². The van der Waals surface area contributed by atoms with Crippen molar-refractivity contribution in [3.63, 3.8) is 0 Å². The summed E-state index contributed by atoms with van der Waals surface area (Å²) >= 11 is 0. The number of hydrogen-bond donors (Lipinski definition) is 15. The van der Waals surface area contributed by atoms with Gasteiger partial charge in [-0.25, -0.2) is 9.59 Å². The molecule has 13 atom stereocenters. The highest BCUT2D eigenvalue weighted by atomic mass is 16.8. The summed E-state index contributed by atoms with van der Waals surface area (Å²) in [5.41, 5.74) is -6.07. The highest BCUT2D eigenvalue weighted by Crippen LogP contribution is 2.54. The minimum absolute atomic E-state index is 0.0585. The Hall–Kier alpha value is -7.05. The van der Waals surface area contributed by atoms with Crippen molar-refractivity contribution in [2.75, 3.05) is 6.61 Å². The van der Waals surface area contributed by atoms with Gasteiger partial charge in [-0.3, -0.25) is 10.1 Å². The third-order valence-corrected chi connectivity index (χ3v) is 15.0. The molecule has 4 bridgehead atoms. The van der Waals surface area contributed by atoms with Gasteiger partial charge in [0, 0.05) is 77.5 Å². The third kappa shape index (κ3) is 7.28. The van der Waals surface area contributed by atoms with Gasteiger partial charge in [0.15, 0.2) is 23.0 Å².